The summed E-state index contributed by atoms with van der Waals surface area (Å²) < 4.78 is 0. The van der Waals surface area contributed by atoms with E-state index in [1.165, 1.54) is 64.6 Å². The zero-order valence-corrected chi connectivity index (χ0v) is 12.0. The first-order valence-corrected chi connectivity index (χ1v) is 7.72. The van der Waals surface area contributed by atoms with Crippen molar-refractivity contribution in [2.24, 2.45) is 17.6 Å². The van der Waals surface area contributed by atoms with Crippen LogP contribution in [0.4, 0.5) is 0 Å². The third-order valence-corrected chi connectivity index (χ3v) is 4.43. The van der Waals surface area contributed by atoms with Crippen LogP contribution in [0.3, 0.4) is 0 Å². The van der Waals surface area contributed by atoms with E-state index in [0.29, 0.717) is 0 Å². The molecule has 1 unspecified atom stereocenters. The zero-order valence-electron chi connectivity index (χ0n) is 12.0. The Morgan fingerprint density at radius 1 is 1.24 bits per heavy atom. The van der Waals surface area contributed by atoms with Crippen LogP contribution in [0.1, 0.15) is 58.8 Å². The van der Waals surface area contributed by atoms with E-state index in [9.17, 15) is 0 Å². The molecule has 1 aliphatic rings. The van der Waals surface area contributed by atoms with Crippen molar-refractivity contribution >= 4 is 0 Å². The largest absolute Gasteiger partial charge is 0.330 e. The SMILES string of the molecule is CCC(CCN)CCCN(CC)CC1CCC1. The Hall–Kier alpha value is -0.0800. The molecule has 1 aliphatic carbocycles. The van der Waals surface area contributed by atoms with Gasteiger partial charge in [-0.3, -0.25) is 0 Å². The molecule has 0 amide bonds. The third kappa shape index (κ3) is 5.87. The van der Waals surface area contributed by atoms with E-state index < -0.39 is 0 Å². The van der Waals surface area contributed by atoms with Crippen molar-refractivity contribution in [3.05, 3.63) is 0 Å². The Bertz CT molecular complexity index is 178. The molecule has 0 bridgehead atoms. The maximum absolute atomic E-state index is 5.64. The highest BCUT2D eigenvalue weighted by atomic mass is 15.1. The van der Waals surface area contributed by atoms with Gasteiger partial charge in [-0.05, 0) is 63.6 Å². The lowest BCUT2D eigenvalue weighted by atomic mass is 9.85. The number of nitrogens with two attached hydrogens (primary N) is 1. The third-order valence-electron chi connectivity index (χ3n) is 4.43. The summed E-state index contributed by atoms with van der Waals surface area (Å²) in [4.78, 5) is 2.65. The van der Waals surface area contributed by atoms with Crippen LogP contribution in [0.2, 0.25) is 0 Å². The van der Waals surface area contributed by atoms with Gasteiger partial charge >= 0.3 is 0 Å². The lowest BCUT2D eigenvalue weighted by Crippen LogP contribution is -2.33. The molecule has 0 radical (unpaired) electrons. The van der Waals surface area contributed by atoms with E-state index in [1.54, 1.807) is 0 Å². The lowest BCUT2D eigenvalue weighted by Gasteiger charge is -2.32. The van der Waals surface area contributed by atoms with Crippen LogP contribution in [0.15, 0.2) is 0 Å². The monoisotopic (exact) mass is 240 g/mol. The second-order valence-electron chi connectivity index (χ2n) is 5.68. The fourth-order valence-electron chi connectivity index (χ4n) is 2.81. The number of rotatable bonds is 10. The molecule has 1 saturated carbocycles. The van der Waals surface area contributed by atoms with E-state index >= 15 is 0 Å². The first-order chi connectivity index (χ1) is 8.30. The van der Waals surface area contributed by atoms with E-state index in [1.807, 2.05) is 0 Å². The minimum absolute atomic E-state index is 0.859. The second-order valence-corrected chi connectivity index (χ2v) is 5.68. The molecule has 0 aromatic carbocycles. The molecule has 0 aromatic rings. The van der Waals surface area contributed by atoms with Crippen LogP contribution in [0.5, 0.6) is 0 Å². The molecule has 1 rings (SSSR count). The van der Waals surface area contributed by atoms with Crippen molar-refractivity contribution < 1.29 is 0 Å². The first kappa shape index (κ1) is 15.0. The van der Waals surface area contributed by atoms with Crippen LogP contribution < -0.4 is 5.73 Å². The summed E-state index contributed by atoms with van der Waals surface area (Å²) in [5.74, 6) is 1.88. The average Bonchev–Trinajstić information content (AvgIpc) is 2.29. The van der Waals surface area contributed by atoms with E-state index in [-0.39, 0.29) is 0 Å². The Kier molecular flexibility index (Phi) is 7.87. The molecule has 2 N–H and O–H groups in total. The summed E-state index contributed by atoms with van der Waals surface area (Å²) in [6.45, 7) is 9.34. The molecule has 0 heterocycles. The van der Waals surface area contributed by atoms with Crippen LogP contribution in [-0.2, 0) is 0 Å². The molecule has 0 spiro atoms. The molecule has 17 heavy (non-hydrogen) atoms. The van der Waals surface area contributed by atoms with Crippen LogP contribution >= 0.6 is 0 Å². The minimum Gasteiger partial charge on any atom is -0.330 e. The van der Waals surface area contributed by atoms with E-state index in [0.717, 1.165) is 18.4 Å². The van der Waals surface area contributed by atoms with E-state index in [2.05, 4.69) is 18.7 Å². The van der Waals surface area contributed by atoms with Gasteiger partial charge in [-0.15, -0.1) is 0 Å². The van der Waals surface area contributed by atoms with Gasteiger partial charge in [0.25, 0.3) is 0 Å². The maximum atomic E-state index is 5.64. The molecule has 102 valence electrons. The molecule has 0 saturated heterocycles. The fourth-order valence-corrected chi connectivity index (χ4v) is 2.81. The second kappa shape index (κ2) is 8.93. The Labute approximate surface area is 108 Å². The van der Waals surface area contributed by atoms with Gasteiger partial charge in [0.15, 0.2) is 0 Å². The van der Waals surface area contributed by atoms with Gasteiger partial charge in [0.2, 0.25) is 0 Å². The molecular weight excluding hydrogens is 208 g/mol. The van der Waals surface area contributed by atoms with Crippen molar-refractivity contribution in [2.75, 3.05) is 26.2 Å². The zero-order chi connectivity index (χ0) is 12.5. The molecule has 0 aromatic heterocycles. The number of hydrogen-bond donors (Lipinski definition) is 1. The highest BCUT2D eigenvalue weighted by molar-refractivity contribution is 4.73. The van der Waals surface area contributed by atoms with Gasteiger partial charge in [-0.25, -0.2) is 0 Å². The quantitative estimate of drug-likeness (QED) is 0.635. The summed E-state index contributed by atoms with van der Waals surface area (Å²) in [6.07, 6.45) is 9.66. The molecular formula is C15H32N2. The normalized spacial score (nSPS) is 18.4. The average molecular weight is 240 g/mol. The summed E-state index contributed by atoms with van der Waals surface area (Å²) in [5.41, 5.74) is 5.64. The molecule has 2 heteroatoms. The van der Waals surface area contributed by atoms with Crippen molar-refractivity contribution in [2.45, 2.75) is 58.8 Å². The van der Waals surface area contributed by atoms with Crippen molar-refractivity contribution in [3.63, 3.8) is 0 Å². The number of hydrogen-bond acceptors (Lipinski definition) is 2. The highest BCUT2D eigenvalue weighted by Gasteiger charge is 2.19. The van der Waals surface area contributed by atoms with Crippen LogP contribution in [0.25, 0.3) is 0 Å². The van der Waals surface area contributed by atoms with Crippen LogP contribution in [0, 0.1) is 11.8 Å². The predicted octanol–water partition coefficient (Wildman–Crippen LogP) is 3.26. The Morgan fingerprint density at radius 2 is 2.00 bits per heavy atom. The first-order valence-electron chi connectivity index (χ1n) is 7.72. The fraction of sp³-hybridized carbons (Fsp3) is 1.00. The highest BCUT2D eigenvalue weighted by Crippen LogP contribution is 2.27. The van der Waals surface area contributed by atoms with Crippen LogP contribution in [-0.4, -0.2) is 31.1 Å². The lowest BCUT2D eigenvalue weighted by molar-refractivity contribution is 0.179. The van der Waals surface area contributed by atoms with Crippen molar-refractivity contribution in [3.8, 4) is 0 Å². The molecule has 1 fully saturated rings. The Balaban J connectivity index is 2.08. The van der Waals surface area contributed by atoms with Gasteiger partial charge in [0.1, 0.15) is 0 Å². The Morgan fingerprint density at radius 3 is 2.47 bits per heavy atom. The summed E-state index contributed by atoms with van der Waals surface area (Å²) >= 11 is 0. The van der Waals surface area contributed by atoms with Crippen molar-refractivity contribution in [1.29, 1.82) is 0 Å². The summed E-state index contributed by atoms with van der Waals surface area (Å²) in [5, 5.41) is 0. The smallest absolute Gasteiger partial charge is 0.000954 e. The van der Waals surface area contributed by atoms with Gasteiger partial charge in [0.05, 0.1) is 0 Å². The summed E-state index contributed by atoms with van der Waals surface area (Å²) in [7, 11) is 0. The van der Waals surface area contributed by atoms with Gasteiger partial charge in [-0.1, -0.05) is 26.7 Å². The standard InChI is InChI=1S/C15H32N2/c1-3-14(10-11-16)9-6-12-17(4-2)13-15-7-5-8-15/h14-15H,3-13,16H2,1-2H3. The van der Waals surface area contributed by atoms with E-state index in [4.69, 9.17) is 5.73 Å². The molecule has 1 atom stereocenters. The van der Waals surface area contributed by atoms with Crippen molar-refractivity contribution in [1.82, 2.24) is 4.90 Å². The van der Waals surface area contributed by atoms with Gasteiger partial charge in [-0.2, -0.15) is 0 Å². The van der Waals surface area contributed by atoms with Gasteiger partial charge < -0.3 is 10.6 Å². The van der Waals surface area contributed by atoms with Gasteiger partial charge in [0, 0.05) is 6.54 Å². The topological polar surface area (TPSA) is 29.3 Å². The number of nitrogens with zero attached hydrogens (tertiary/aromatic N) is 1. The minimum atomic E-state index is 0.859. The summed E-state index contributed by atoms with van der Waals surface area (Å²) in [6, 6.07) is 0. The predicted molar refractivity (Wildman–Crippen MR) is 76.1 cm³/mol. The maximum Gasteiger partial charge on any atom is 0.000954 e. The molecule has 2 nitrogen and oxygen atoms in total. The molecule has 0 aliphatic heterocycles.